The Morgan fingerprint density at radius 1 is 1.05 bits per heavy atom. The van der Waals surface area contributed by atoms with Gasteiger partial charge in [-0.2, -0.15) is 0 Å². The standard InChI is InChI=1S/C18H21N/c1-2-14-13-17(15-9-5-3-6-10-15)19-18(14)16-11-7-4-8-12-16/h3-9,11,13,15-17H,2,10,12H2,1H3. The molecule has 0 bridgehead atoms. The predicted octanol–water partition coefficient (Wildman–Crippen LogP) is 4.41. The van der Waals surface area contributed by atoms with Crippen molar-refractivity contribution >= 4 is 5.71 Å². The normalized spacial score (nSPS) is 32.6. The van der Waals surface area contributed by atoms with Crippen molar-refractivity contribution in [3.63, 3.8) is 0 Å². The fourth-order valence-electron chi connectivity index (χ4n) is 3.06. The highest BCUT2D eigenvalue weighted by atomic mass is 14.8. The fraction of sp³-hybridized carbons (Fsp3) is 0.389. The van der Waals surface area contributed by atoms with Crippen molar-refractivity contribution in [1.29, 1.82) is 0 Å². The summed E-state index contributed by atoms with van der Waals surface area (Å²) in [5, 5.41) is 0. The highest BCUT2D eigenvalue weighted by Crippen LogP contribution is 2.31. The second kappa shape index (κ2) is 5.56. The third kappa shape index (κ3) is 2.56. The van der Waals surface area contributed by atoms with Crippen molar-refractivity contribution in [3.8, 4) is 0 Å². The van der Waals surface area contributed by atoms with Gasteiger partial charge in [-0.1, -0.05) is 61.6 Å². The van der Waals surface area contributed by atoms with Crippen molar-refractivity contribution in [2.45, 2.75) is 32.2 Å². The molecule has 1 aliphatic heterocycles. The van der Waals surface area contributed by atoms with E-state index in [9.17, 15) is 0 Å². The minimum absolute atomic E-state index is 0.352. The molecule has 0 radical (unpaired) electrons. The van der Waals surface area contributed by atoms with Crippen LogP contribution in [-0.4, -0.2) is 11.8 Å². The van der Waals surface area contributed by atoms with Gasteiger partial charge in [0.15, 0.2) is 0 Å². The highest BCUT2D eigenvalue weighted by Gasteiger charge is 2.27. The summed E-state index contributed by atoms with van der Waals surface area (Å²) in [6.07, 6.45) is 23.4. The summed E-state index contributed by atoms with van der Waals surface area (Å²) < 4.78 is 0. The molecule has 98 valence electrons. The third-order valence-corrected chi connectivity index (χ3v) is 4.15. The zero-order valence-electron chi connectivity index (χ0n) is 11.5. The van der Waals surface area contributed by atoms with Crippen LogP contribution in [0.5, 0.6) is 0 Å². The quantitative estimate of drug-likeness (QED) is 0.704. The Morgan fingerprint density at radius 3 is 2.47 bits per heavy atom. The predicted molar refractivity (Wildman–Crippen MR) is 82.4 cm³/mol. The summed E-state index contributed by atoms with van der Waals surface area (Å²) in [4.78, 5) is 5.04. The summed E-state index contributed by atoms with van der Waals surface area (Å²) in [5.74, 6) is 1.04. The van der Waals surface area contributed by atoms with Gasteiger partial charge < -0.3 is 0 Å². The lowest BCUT2D eigenvalue weighted by molar-refractivity contribution is 0.585. The maximum absolute atomic E-state index is 5.04. The molecular formula is C18H21N. The molecule has 3 atom stereocenters. The number of nitrogens with zero attached hydrogens (tertiary/aromatic N) is 1. The molecule has 0 aromatic heterocycles. The number of rotatable bonds is 3. The maximum atomic E-state index is 5.04. The van der Waals surface area contributed by atoms with Crippen LogP contribution >= 0.6 is 0 Å². The van der Waals surface area contributed by atoms with Crippen LogP contribution in [0.4, 0.5) is 0 Å². The van der Waals surface area contributed by atoms with Gasteiger partial charge in [0, 0.05) is 17.5 Å². The summed E-state index contributed by atoms with van der Waals surface area (Å²) >= 11 is 0. The van der Waals surface area contributed by atoms with Crippen LogP contribution < -0.4 is 0 Å². The fourth-order valence-corrected chi connectivity index (χ4v) is 3.06. The molecule has 0 aromatic rings. The van der Waals surface area contributed by atoms with E-state index in [1.807, 2.05) is 0 Å². The first-order valence-corrected chi connectivity index (χ1v) is 7.34. The van der Waals surface area contributed by atoms with Crippen LogP contribution in [0.15, 0.2) is 65.2 Å². The Morgan fingerprint density at radius 2 is 1.84 bits per heavy atom. The van der Waals surface area contributed by atoms with Crippen molar-refractivity contribution in [1.82, 2.24) is 0 Å². The number of allylic oxidation sites excluding steroid dienone is 8. The summed E-state index contributed by atoms with van der Waals surface area (Å²) in [6, 6.07) is 0.352. The van der Waals surface area contributed by atoms with Crippen molar-refractivity contribution < 1.29 is 0 Å². The molecule has 1 nitrogen and oxygen atoms in total. The molecule has 2 aliphatic carbocycles. The van der Waals surface area contributed by atoms with E-state index in [0.29, 0.717) is 17.9 Å². The molecule has 0 spiro atoms. The van der Waals surface area contributed by atoms with Crippen LogP contribution in [0.25, 0.3) is 0 Å². The van der Waals surface area contributed by atoms with E-state index in [1.54, 1.807) is 0 Å². The van der Waals surface area contributed by atoms with Crippen molar-refractivity contribution in [3.05, 3.63) is 60.3 Å². The second-order valence-electron chi connectivity index (χ2n) is 5.42. The van der Waals surface area contributed by atoms with Gasteiger partial charge in [-0.15, -0.1) is 0 Å². The zero-order chi connectivity index (χ0) is 13.1. The van der Waals surface area contributed by atoms with E-state index in [4.69, 9.17) is 4.99 Å². The minimum Gasteiger partial charge on any atom is -0.281 e. The van der Waals surface area contributed by atoms with E-state index in [-0.39, 0.29) is 0 Å². The third-order valence-electron chi connectivity index (χ3n) is 4.15. The van der Waals surface area contributed by atoms with Gasteiger partial charge in [-0.3, -0.25) is 4.99 Å². The molecule has 1 heteroatoms. The van der Waals surface area contributed by atoms with Crippen molar-refractivity contribution in [2.24, 2.45) is 16.8 Å². The molecule has 3 aliphatic rings. The van der Waals surface area contributed by atoms with Gasteiger partial charge in [0.05, 0.1) is 6.04 Å². The zero-order valence-corrected chi connectivity index (χ0v) is 11.5. The van der Waals surface area contributed by atoms with Gasteiger partial charge in [0.2, 0.25) is 0 Å². The van der Waals surface area contributed by atoms with E-state index >= 15 is 0 Å². The molecule has 0 saturated carbocycles. The molecule has 3 unspecified atom stereocenters. The van der Waals surface area contributed by atoms with Gasteiger partial charge in [0.25, 0.3) is 0 Å². The number of hydrogen-bond acceptors (Lipinski definition) is 1. The lowest BCUT2D eigenvalue weighted by Crippen LogP contribution is -2.16. The average Bonchev–Trinajstić information content (AvgIpc) is 2.93. The Hall–Kier alpha value is -1.63. The Labute approximate surface area is 115 Å². The van der Waals surface area contributed by atoms with Crippen molar-refractivity contribution in [2.75, 3.05) is 0 Å². The summed E-state index contributed by atoms with van der Waals surface area (Å²) in [6.45, 7) is 2.24. The Kier molecular flexibility index (Phi) is 3.63. The SMILES string of the molecule is CCC1=CC(C2C=CC=CC2)N=C1C1C=CC=CC1. The number of aliphatic imine (C=N–C) groups is 1. The van der Waals surface area contributed by atoms with Crippen LogP contribution in [0.3, 0.4) is 0 Å². The monoisotopic (exact) mass is 251 g/mol. The van der Waals surface area contributed by atoms with Crippen LogP contribution in [0.1, 0.15) is 26.2 Å². The lowest BCUT2D eigenvalue weighted by Gasteiger charge is -2.18. The molecule has 0 fully saturated rings. The van der Waals surface area contributed by atoms with E-state index in [1.165, 1.54) is 11.3 Å². The van der Waals surface area contributed by atoms with Gasteiger partial charge in [-0.05, 0) is 24.8 Å². The Balaban J connectivity index is 1.81. The molecule has 1 heterocycles. The first kappa shape index (κ1) is 12.4. The number of hydrogen-bond donors (Lipinski definition) is 0. The van der Waals surface area contributed by atoms with E-state index in [2.05, 4.69) is 61.6 Å². The molecule has 0 saturated heterocycles. The van der Waals surface area contributed by atoms with E-state index in [0.717, 1.165) is 19.3 Å². The second-order valence-corrected chi connectivity index (χ2v) is 5.42. The largest absolute Gasteiger partial charge is 0.281 e. The van der Waals surface area contributed by atoms with Gasteiger partial charge in [-0.25, -0.2) is 0 Å². The lowest BCUT2D eigenvalue weighted by atomic mass is 9.90. The van der Waals surface area contributed by atoms with Crippen LogP contribution in [0, 0.1) is 11.8 Å². The first-order valence-electron chi connectivity index (χ1n) is 7.34. The van der Waals surface area contributed by atoms with Gasteiger partial charge in [0.1, 0.15) is 0 Å². The summed E-state index contributed by atoms with van der Waals surface area (Å²) in [7, 11) is 0. The Bertz CT molecular complexity index is 514. The molecule has 19 heavy (non-hydrogen) atoms. The summed E-state index contributed by atoms with van der Waals surface area (Å²) in [5.41, 5.74) is 2.79. The van der Waals surface area contributed by atoms with Gasteiger partial charge >= 0.3 is 0 Å². The molecular weight excluding hydrogens is 230 g/mol. The maximum Gasteiger partial charge on any atom is 0.0755 e. The highest BCUT2D eigenvalue weighted by molar-refractivity contribution is 6.05. The van der Waals surface area contributed by atoms with Crippen LogP contribution in [-0.2, 0) is 0 Å². The molecule has 3 rings (SSSR count). The van der Waals surface area contributed by atoms with E-state index < -0.39 is 0 Å². The average molecular weight is 251 g/mol. The minimum atomic E-state index is 0.352. The smallest absolute Gasteiger partial charge is 0.0755 e. The molecule has 0 aromatic carbocycles. The first-order chi connectivity index (χ1) is 9.38. The molecule has 0 N–H and O–H groups in total. The van der Waals surface area contributed by atoms with Crippen LogP contribution in [0.2, 0.25) is 0 Å². The topological polar surface area (TPSA) is 12.4 Å². The molecule has 0 amide bonds.